The van der Waals surface area contributed by atoms with Crippen LogP contribution in [0.1, 0.15) is 16.2 Å². The van der Waals surface area contributed by atoms with Gasteiger partial charge in [-0.1, -0.05) is 0 Å². The van der Waals surface area contributed by atoms with Crippen molar-refractivity contribution < 1.29 is 13.9 Å². The number of rotatable bonds is 6. The van der Waals surface area contributed by atoms with Crippen molar-refractivity contribution in [1.29, 1.82) is 0 Å². The molecular formula is C9H13ClN2O3. The first kappa shape index (κ1) is 12.0. The van der Waals surface area contributed by atoms with Gasteiger partial charge in [-0.15, -0.1) is 11.6 Å². The first-order valence-corrected chi connectivity index (χ1v) is 5.11. The fraction of sp³-hybridized carbons (Fsp3) is 0.556. The number of hydrogen-bond acceptors (Lipinski definition) is 4. The van der Waals surface area contributed by atoms with Crippen LogP contribution in [0.2, 0.25) is 0 Å². The molecule has 0 fully saturated rings. The number of alkyl halides is 1. The Bertz CT molecular complexity index is 314. The number of ether oxygens (including phenoxy) is 1. The molecule has 0 aromatic carbocycles. The lowest BCUT2D eigenvalue weighted by Gasteiger charge is -2.03. The van der Waals surface area contributed by atoms with Gasteiger partial charge in [-0.2, -0.15) is 0 Å². The molecule has 0 saturated heterocycles. The van der Waals surface area contributed by atoms with E-state index in [1.165, 1.54) is 6.39 Å². The molecular weight excluding hydrogens is 220 g/mol. The van der Waals surface area contributed by atoms with Crippen LogP contribution in [0, 0.1) is 6.92 Å². The molecule has 0 aliphatic heterocycles. The van der Waals surface area contributed by atoms with Gasteiger partial charge in [-0.05, 0) is 6.92 Å². The van der Waals surface area contributed by atoms with Gasteiger partial charge in [0.25, 0.3) is 5.91 Å². The lowest BCUT2D eigenvalue weighted by molar-refractivity contribution is 0.0896. The highest BCUT2D eigenvalue weighted by Gasteiger charge is 2.12. The van der Waals surface area contributed by atoms with E-state index < -0.39 is 0 Å². The molecule has 1 amide bonds. The summed E-state index contributed by atoms with van der Waals surface area (Å²) in [5.41, 5.74) is 0.578. The van der Waals surface area contributed by atoms with Crippen LogP contribution in [0.15, 0.2) is 10.8 Å². The van der Waals surface area contributed by atoms with Crippen LogP contribution in [0.4, 0.5) is 0 Å². The summed E-state index contributed by atoms with van der Waals surface area (Å²) in [6.45, 7) is 3.06. The molecule has 6 heteroatoms. The molecule has 0 saturated carbocycles. The molecule has 84 valence electrons. The highest BCUT2D eigenvalue weighted by Crippen LogP contribution is 2.03. The van der Waals surface area contributed by atoms with Gasteiger partial charge in [0.1, 0.15) is 0 Å². The Balaban J connectivity index is 2.22. The molecule has 0 aliphatic rings. The van der Waals surface area contributed by atoms with Crippen LogP contribution in [0.25, 0.3) is 0 Å². The number of aromatic nitrogens is 1. The Morgan fingerprint density at radius 1 is 1.67 bits per heavy atom. The van der Waals surface area contributed by atoms with Crippen molar-refractivity contribution in [2.24, 2.45) is 0 Å². The van der Waals surface area contributed by atoms with E-state index in [9.17, 15) is 4.79 Å². The molecule has 0 radical (unpaired) electrons. The second kappa shape index (κ2) is 6.42. The minimum atomic E-state index is -0.278. The fourth-order valence-corrected chi connectivity index (χ4v) is 1.10. The Labute approximate surface area is 92.8 Å². The zero-order valence-electron chi connectivity index (χ0n) is 8.46. The van der Waals surface area contributed by atoms with Crippen molar-refractivity contribution in [2.45, 2.75) is 6.92 Å². The van der Waals surface area contributed by atoms with Crippen LogP contribution in [0.3, 0.4) is 0 Å². The SMILES string of the molecule is Cc1ncoc1C(=O)NCCOCCCl. The lowest BCUT2D eigenvalue weighted by Crippen LogP contribution is -2.27. The molecule has 1 rings (SSSR count). The molecule has 0 aliphatic carbocycles. The average molecular weight is 233 g/mol. The van der Waals surface area contributed by atoms with E-state index in [1.54, 1.807) is 6.92 Å². The number of halogens is 1. The maximum atomic E-state index is 11.4. The predicted molar refractivity (Wildman–Crippen MR) is 55.1 cm³/mol. The third kappa shape index (κ3) is 3.89. The number of hydrogen-bond donors (Lipinski definition) is 1. The minimum Gasteiger partial charge on any atom is -0.438 e. The van der Waals surface area contributed by atoms with E-state index in [-0.39, 0.29) is 11.7 Å². The van der Waals surface area contributed by atoms with Gasteiger partial charge in [-0.3, -0.25) is 4.79 Å². The highest BCUT2D eigenvalue weighted by molar-refractivity contribution is 6.17. The van der Waals surface area contributed by atoms with Crippen molar-refractivity contribution >= 4 is 17.5 Å². The van der Waals surface area contributed by atoms with Gasteiger partial charge in [0, 0.05) is 12.4 Å². The molecule has 1 N–H and O–H groups in total. The van der Waals surface area contributed by atoms with E-state index >= 15 is 0 Å². The number of aryl methyl sites for hydroxylation is 1. The third-order valence-corrected chi connectivity index (χ3v) is 1.86. The molecule has 5 nitrogen and oxygen atoms in total. The smallest absolute Gasteiger partial charge is 0.289 e. The van der Waals surface area contributed by atoms with Gasteiger partial charge in [0.05, 0.1) is 18.9 Å². The Hall–Kier alpha value is -1.07. The number of oxazole rings is 1. The third-order valence-electron chi connectivity index (χ3n) is 1.71. The second-order valence-corrected chi connectivity index (χ2v) is 3.20. The standard InChI is InChI=1S/C9H13ClN2O3/c1-7-8(15-6-12-7)9(13)11-3-5-14-4-2-10/h6H,2-5H2,1H3,(H,11,13). The summed E-state index contributed by atoms with van der Waals surface area (Å²) in [6.07, 6.45) is 1.24. The minimum absolute atomic E-state index is 0.243. The molecule has 15 heavy (non-hydrogen) atoms. The normalized spacial score (nSPS) is 10.3. The number of nitrogens with one attached hydrogen (secondary N) is 1. The summed E-state index contributed by atoms with van der Waals surface area (Å²) in [5, 5.41) is 2.64. The largest absolute Gasteiger partial charge is 0.438 e. The van der Waals surface area contributed by atoms with E-state index in [4.69, 9.17) is 20.8 Å². The fourth-order valence-electron chi connectivity index (χ4n) is 0.993. The van der Waals surface area contributed by atoms with Gasteiger partial charge >= 0.3 is 0 Å². The number of carbonyl (C=O) groups is 1. The molecule has 1 aromatic heterocycles. The molecule has 0 spiro atoms. The molecule has 0 unspecified atom stereocenters. The number of carbonyl (C=O) groups excluding carboxylic acids is 1. The van der Waals surface area contributed by atoms with Gasteiger partial charge in [0.2, 0.25) is 5.76 Å². The second-order valence-electron chi connectivity index (χ2n) is 2.82. The predicted octanol–water partition coefficient (Wildman–Crippen LogP) is 0.968. The Morgan fingerprint density at radius 2 is 2.47 bits per heavy atom. The summed E-state index contributed by atoms with van der Waals surface area (Å²) >= 11 is 5.41. The summed E-state index contributed by atoms with van der Waals surface area (Å²) in [5.74, 6) is 0.418. The summed E-state index contributed by atoms with van der Waals surface area (Å²) in [4.78, 5) is 15.3. The molecule has 1 heterocycles. The van der Waals surface area contributed by atoms with Crippen molar-refractivity contribution in [3.8, 4) is 0 Å². The Kier molecular flexibility index (Phi) is 5.14. The maximum Gasteiger partial charge on any atom is 0.289 e. The number of amides is 1. The van der Waals surface area contributed by atoms with Crippen LogP contribution >= 0.6 is 11.6 Å². The van der Waals surface area contributed by atoms with Crippen molar-refractivity contribution in [3.63, 3.8) is 0 Å². The topological polar surface area (TPSA) is 64.4 Å². The van der Waals surface area contributed by atoms with Crippen LogP contribution in [0.5, 0.6) is 0 Å². The van der Waals surface area contributed by atoms with Crippen molar-refractivity contribution in [1.82, 2.24) is 10.3 Å². The summed E-state index contributed by atoms with van der Waals surface area (Å²) in [7, 11) is 0. The van der Waals surface area contributed by atoms with Gasteiger partial charge in [-0.25, -0.2) is 4.98 Å². The highest BCUT2D eigenvalue weighted by atomic mass is 35.5. The van der Waals surface area contributed by atoms with E-state index in [0.717, 1.165) is 0 Å². The Morgan fingerprint density at radius 3 is 3.07 bits per heavy atom. The van der Waals surface area contributed by atoms with Crippen LogP contribution < -0.4 is 5.32 Å². The lowest BCUT2D eigenvalue weighted by atomic mass is 10.3. The first-order valence-electron chi connectivity index (χ1n) is 4.57. The summed E-state index contributed by atoms with van der Waals surface area (Å²) < 4.78 is 10.0. The quantitative estimate of drug-likeness (QED) is 0.586. The molecule has 1 aromatic rings. The van der Waals surface area contributed by atoms with Crippen LogP contribution in [-0.4, -0.2) is 36.5 Å². The average Bonchev–Trinajstić information content (AvgIpc) is 2.64. The maximum absolute atomic E-state index is 11.4. The van der Waals surface area contributed by atoms with Crippen molar-refractivity contribution in [3.05, 3.63) is 17.8 Å². The first-order chi connectivity index (χ1) is 7.25. The van der Waals surface area contributed by atoms with E-state index in [1.807, 2.05) is 0 Å². The molecule has 0 bridgehead atoms. The van der Waals surface area contributed by atoms with Gasteiger partial charge < -0.3 is 14.5 Å². The monoisotopic (exact) mass is 232 g/mol. The van der Waals surface area contributed by atoms with E-state index in [0.29, 0.717) is 31.3 Å². The zero-order valence-corrected chi connectivity index (χ0v) is 9.21. The van der Waals surface area contributed by atoms with E-state index in [2.05, 4.69) is 10.3 Å². The van der Waals surface area contributed by atoms with Crippen molar-refractivity contribution in [2.75, 3.05) is 25.6 Å². The molecule has 0 atom stereocenters. The zero-order chi connectivity index (χ0) is 11.1. The van der Waals surface area contributed by atoms with Gasteiger partial charge in [0.15, 0.2) is 6.39 Å². The van der Waals surface area contributed by atoms with Crippen LogP contribution in [-0.2, 0) is 4.74 Å². The summed E-state index contributed by atoms with van der Waals surface area (Å²) in [6, 6.07) is 0. The number of nitrogens with zero attached hydrogens (tertiary/aromatic N) is 1.